The first-order chi connectivity index (χ1) is 7.12. The van der Waals surface area contributed by atoms with E-state index in [-0.39, 0.29) is 0 Å². The highest BCUT2D eigenvalue weighted by atomic mass is 15.1. The number of hydrogen-bond acceptors (Lipinski definition) is 2. The maximum Gasteiger partial charge on any atom is 0.0831 e. The van der Waals surface area contributed by atoms with Gasteiger partial charge in [-0.05, 0) is 30.6 Å². The Morgan fingerprint density at radius 1 is 1.40 bits per heavy atom. The molecule has 15 heavy (non-hydrogen) atoms. The van der Waals surface area contributed by atoms with E-state index in [0.29, 0.717) is 17.5 Å². The van der Waals surface area contributed by atoms with Crippen LogP contribution in [0.5, 0.6) is 0 Å². The second-order valence-corrected chi connectivity index (χ2v) is 5.88. The SMILES string of the molecule is CC(C)C1(C)CCCCC2N=CNC2C1. The van der Waals surface area contributed by atoms with E-state index in [0.717, 1.165) is 5.92 Å². The summed E-state index contributed by atoms with van der Waals surface area (Å²) >= 11 is 0. The predicted octanol–water partition coefficient (Wildman–Crippen LogP) is 2.98. The summed E-state index contributed by atoms with van der Waals surface area (Å²) < 4.78 is 0. The zero-order chi connectivity index (χ0) is 10.9. The minimum Gasteiger partial charge on any atom is -0.372 e. The third kappa shape index (κ3) is 2.19. The van der Waals surface area contributed by atoms with Crippen molar-refractivity contribution in [2.45, 2.75) is 65.0 Å². The van der Waals surface area contributed by atoms with Crippen LogP contribution in [0.1, 0.15) is 52.9 Å². The summed E-state index contributed by atoms with van der Waals surface area (Å²) in [5, 5.41) is 3.44. The smallest absolute Gasteiger partial charge is 0.0831 e. The molecule has 3 unspecified atom stereocenters. The van der Waals surface area contributed by atoms with E-state index in [1.165, 1.54) is 32.1 Å². The molecule has 0 radical (unpaired) electrons. The van der Waals surface area contributed by atoms with E-state index in [1.54, 1.807) is 0 Å². The minimum absolute atomic E-state index is 0.504. The molecule has 3 atom stereocenters. The number of rotatable bonds is 1. The van der Waals surface area contributed by atoms with Crippen molar-refractivity contribution in [3.8, 4) is 0 Å². The molecule has 1 aliphatic heterocycles. The molecule has 2 rings (SSSR count). The van der Waals surface area contributed by atoms with Gasteiger partial charge in [-0.15, -0.1) is 0 Å². The highest BCUT2D eigenvalue weighted by molar-refractivity contribution is 5.58. The molecule has 0 saturated heterocycles. The van der Waals surface area contributed by atoms with E-state index in [2.05, 4.69) is 31.1 Å². The zero-order valence-electron chi connectivity index (χ0n) is 10.3. The van der Waals surface area contributed by atoms with E-state index >= 15 is 0 Å². The molecule has 2 aliphatic rings. The molecule has 0 aromatic rings. The molecule has 0 aromatic carbocycles. The molecule has 1 aliphatic carbocycles. The number of nitrogens with one attached hydrogen (secondary N) is 1. The molecular weight excluding hydrogens is 184 g/mol. The summed E-state index contributed by atoms with van der Waals surface area (Å²) in [7, 11) is 0. The summed E-state index contributed by atoms with van der Waals surface area (Å²) in [5.74, 6) is 0.777. The molecule has 1 heterocycles. The highest BCUT2D eigenvalue weighted by Crippen LogP contribution is 2.41. The first-order valence-electron chi connectivity index (χ1n) is 6.39. The first kappa shape index (κ1) is 11.0. The van der Waals surface area contributed by atoms with Crippen LogP contribution in [-0.2, 0) is 0 Å². The largest absolute Gasteiger partial charge is 0.372 e. The van der Waals surface area contributed by atoms with Gasteiger partial charge in [-0.2, -0.15) is 0 Å². The fourth-order valence-corrected chi connectivity index (χ4v) is 2.93. The molecule has 86 valence electrons. The van der Waals surface area contributed by atoms with Gasteiger partial charge in [0.15, 0.2) is 0 Å². The number of aliphatic imine (C=N–C) groups is 1. The van der Waals surface area contributed by atoms with Crippen LogP contribution in [-0.4, -0.2) is 18.4 Å². The van der Waals surface area contributed by atoms with Crippen molar-refractivity contribution in [2.24, 2.45) is 16.3 Å². The van der Waals surface area contributed by atoms with Gasteiger partial charge < -0.3 is 5.32 Å². The van der Waals surface area contributed by atoms with Crippen LogP contribution in [0.15, 0.2) is 4.99 Å². The highest BCUT2D eigenvalue weighted by Gasteiger charge is 2.36. The van der Waals surface area contributed by atoms with Gasteiger partial charge in [0.05, 0.1) is 12.4 Å². The summed E-state index contributed by atoms with van der Waals surface area (Å²) in [5.41, 5.74) is 0.504. The summed E-state index contributed by atoms with van der Waals surface area (Å²) in [6, 6.07) is 1.17. The maximum atomic E-state index is 4.55. The van der Waals surface area contributed by atoms with Crippen LogP contribution in [0.25, 0.3) is 0 Å². The third-order valence-corrected chi connectivity index (χ3v) is 4.60. The standard InChI is InChI=1S/C13H24N2/c1-10(2)13(3)7-5-4-6-11-12(8-13)15-9-14-11/h9-12H,4-8H2,1-3H3,(H,14,15). The van der Waals surface area contributed by atoms with Crippen molar-refractivity contribution in [2.75, 3.05) is 0 Å². The molecule has 2 heteroatoms. The van der Waals surface area contributed by atoms with Crippen molar-refractivity contribution in [1.29, 1.82) is 0 Å². The van der Waals surface area contributed by atoms with Crippen LogP contribution >= 0.6 is 0 Å². The monoisotopic (exact) mass is 208 g/mol. The lowest BCUT2D eigenvalue weighted by Crippen LogP contribution is -2.40. The van der Waals surface area contributed by atoms with E-state index in [1.807, 2.05) is 6.34 Å². The van der Waals surface area contributed by atoms with Gasteiger partial charge in [0.25, 0.3) is 0 Å². The van der Waals surface area contributed by atoms with Gasteiger partial charge in [0, 0.05) is 6.04 Å². The fourth-order valence-electron chi connectivity index (χ4n) is 2.93. The van der Waals surface area contributed by atoms with Crippen molar-refractivity contribution < 1.29 is 0 Å². The molecule has 0 amide bonds. The van der Waals surface area contributed by atoms with Gasteiger partial charge in [0.2, 0.25) is 0 Å². The average molecular weight is 208 g/mol. The van der Waals surface area contributed by atoms with E-state index < -0.39 is 0 Å². The Morgan fingerprint density at radius 2 is 2.20 bits per heavy atom. The molecular formula is C13H24N2. The van der Waals surface area contributed by atoms with Gasteiger partial charge in [-0.3, -0.25) is 4.99 Å². The Morgan fingerprint density at radius 3 is 2.93 bits per heavy atom. The van der Waals surface area contributed by atoms with Gasteiger partial charge in [-0.1, -0.05) is 33.6 Å². The van der Waals surface area contributed by atoms with Gasteiger partial charge in [-0.25, -0.2) is 0 Å². The maximum absolute atomic E-state index is 4.55. The van der Waals surface area contributed by atoms with Gasteiger partial charge >= 0.3 is 0 Å². The van der Waals surface area contributed by atoms with Crippen LogP contribution < -0.4 is 5.32 Å². The summed E-state index contributed by atoms with van der Waals surface area (Å²) in [6.07, 6.45) is 8.62. The summed E-state index contributed by atoms with van der Waals surface area (Å²) in [4.78, 5) is 4.55. The van der Waals surface area contributed by atoms with Gasteiger partial charge in [0.1, 0.15) is 0 Å². The summed E-state index contributed by atoms with van der Waals surface area (Å²) in [6.45, 7) is 7.19. The lowest BCUT2D eigenvalue weighted by molar-refractivity contribution is 0.140. The quantitative estimate of drug-likeness (QED) is 0.704. The molecule has 0 aromatic heterocycles. The van der Waals surface area contributed by atoms with Crippen LogP contribution in [0.2, 0.25) is 0 Å². The zero-order valence-corrected chi connectivity index (χ0v) is 10.3. The van der Waals surface area contributed by atoms with Crippen LogP contribution in [0, 0.1) is 11.3 Å². The predicted molar refractivity (Wildman–Crippen MR) is 65.2 cm³/mol. The number of nitrogens with zero attached hydrogens (tertiary/aromatic N) is 1. The Kier molecular flexibility index (Phi) is 3.03. The van der Waals surface area contributed by atoms with Crippen molar-refractivity contribution >= 4 is 6.34 Å². The number of fused-ring (bicyclic) bond motifs is 1. The second kappa shape index (κ2) is 4.15. The molecule has 2 nitrogen and oxygen atoms in total. The molecule has 1 N–H and O–H groups in total. The second-order valence-electron chi connectivity index (χ2n) is 5.88. The van der Waals surface area contributed by atoms with E-state index in [4.69, 9.17) is 0 Å². The Balaban J connectivity index is 2.09. The average Bonchev–Trinajstić information content (AvgIpc) is 2.56. The molecule has 1 fully saturated rings. The fraction of sp³-hybridized carbons (Fsp3) is 0.923. The number of hydrogen-bond donors (Lipinski definition) is 1. The van der Waals surface area contributed by atoms with Crippen molar-refractivity contribution in [1.82, 2.24) is 5.32 Å². The lowest BCUT2D eigenvalue weighted by Gasteiger charge is -2.39. The minimum atomic E-state index is 0.504. The lowest BCUT2D eigenvalue weighted by atomic mass is 9.68. The Labute approximate surface area is 93.6 Å². The van der Waals surface area contributed by atoms with Crippen LogP contribution in [0.4, 0.5) is 0 Å². The molecule has 0 bridgehead atoms. The van der Waals surface area contributed by atoms with Crippen LogP contribution in [0.3, 0.4) is 0 Å². The third-order valence-electron chi connectivity index (χ3n) is 4.60. The molecule has 1 saturated carbocycles. The van der Waals surface area contributed by atoms with Crippen molar-refractivity contribution in [3.63, 3.8) is 0 Å². The first-order valence-corrected chi connectivity index (χ1v) is 6.39. The Bertz CT molecular complexity index is 247. The van der Waals surface area contributed by atoms with Crippen molar-refractivity contribution in [3.05, 3.63) is 0 Å². The van der Waals surface area contributed by atoms with E-state index in [9.17, 15) is 0 Å². The Hall–Kier alpha value is -0.530. The topological polar surface area (TPSA) is 24.4 Å². The molecule has 0 spiro atoms. The normalized spacial score (nSPS) is 40.8.